The van der Waals surface area contributed by atoms with Crippen LogP contribution in [0, 0.1) is 6.92 Å². The number of hydrogen-bond acceptors (Lipinski definition) is 3. The molecule has 0 spiro atoms. The summed E-state index contributed by atoms with van der Waals surface area (Å²) in [7, 11) is 0. The fourth-order valence-electron chi connectivity index (χ4n) is 2.47. The van der Waals surface area contributed by atoms with Crippen molar-refractivity contribution in [2.45, 2.75) is 39.7 Å². The van der Waals surface area contributed by atoms with Crippen molar-refractivity contribution >= 4 is 28.6 Å². The number of ether oxygens (including phenoxy) is 1. The van der Waals surface area contributed by atoms with E-state index in [0.717, 1.165) is 41.8 Å². The second kappa shape index (κ2) is 7.46. The molecule has 1 aromatic carbocycles. The molecule has 0 amide bonds. The van der Waals surface area contributed by atoms with Crippen molar-refractivity contribution in [2.24, 2.45) is 0 Å². The lowest BCUT2D eigenvalue weighted by atomic mass is 10.2. The minimum atomic E-state index is -0.142. The molecule has 0 aliphatic carbocycles. The van der Waals surface area contributed by atoms with E-state index in [-0.39, 0.29) is 5.97 Å². The van der Waals surface area contributed by atoms with Gasteiger partial charge in [0.1, 0.15) is 5.82 Å². The average molecular weight is 309 g/mol. The summed E-state index contributed by atoms with van der Waals surface area (Å²) in [5.74, 6) is 1.38. The number of halogens is 1. The first kappa shape index (κ1) is 15.8. The second-order valence-corrected chi connectivity index (χ2v) is 5.35. The zero-order valence-electron chi connectivity index (χ0n) is 12.6. The molecule has 0 radical (unpaired) electrons. The van der Waals surface area contributed by atoms with Crippen molar-refractivity contribution in [1.29, 1.82) is 0 Å². The van der Waals surface area contributed by atoms with Crippen LogP contribution < -0.4 is 0 Å². The van der Waals surface area contributed by atoms with E-state index in [9.17, 15) is 4.79 Å². The lowest BCUT2D eigenvalue weighted by Crippen LogP contribution is -2.09. The van der Waals surface area contributed by atoms with Gasteiger partial charge in [0, 0.05) is 25.3 Å². The first-order valence-electron chi connectivity index (χ1n) is 7.33. The van der Waals surface area contributed by atoms with E-state index >= 15 is 0 Å². The van der Waals surface area contributed by atoms with Crippen molar-refractivity contribution in [3.8, 4) is 0 Å². The summed E-state index contributed by atoms with van der Waals surface area (Å²) in [4.78, 5) is 16.1. The molecule has 0 fully saturated rings. The molecule has 1 aromatic heterocycles. The molecule has 0 saturated heterocycles. The lowest BCUT2D eigenvalue weighted by Gasteiger charge is -2.08. The maximum atomic E-state index is 11.4. The largest absolute Gasteiger partial charge is 0.466 e. The molecule has 2 aromatic rings. The molecule has 21 heavy (non-hydrogen) atoms. The summed E-state index contributed by atoms with van der Waals surface area (Å²) >= 11 is 5.87. The fraction of sp³-hybridized carbons (Fsp3) is 0.500. The number of para-hydroxylation sites is 1. The van der Waals surface area contributed by atoms with Gasteiger partial charge in [0.25, 0.3) is 0 Å². The highest BCUT2D eigenvalue weighted by atomic mass is 35.5. The molecule has 0 aliphatic rings. The van der Waals surface area contributed by atoms with Crippen LogP contribution in [0.15, 0.2) is 18.2 Å². The maximum Gasteiger partial charge on any atom is 0.305 e. The molecule has 0 bridgehead atoms. The van der Waals surface area contributed by atoms with Gasteiger partial charge in [0.05, 0.1) is 17.6 Å². The monoisotopic (exact) mass is 308 g/mol. The van der Waals surface area contributed by atoms with Gasteiger partial charge in [-0.1, -0.05) is 12.1 Å². The second-order valence-electron chi connectivity index (χ2n) is 4.97. The van der Waals surface area contributed by atoms with Gasteiger partial charge < -0.3 is 9.30 Å². The SMILES string of the molecule is CCOC(=O)CCCn1c(CCCl)nc2c(C)cccc21. The molecular weight excluding hydrogens is 288 g/mol. The van der Waals surface area contributed by atoms with Gasteiger partial charge in [-0.25, -0.2) is 4.98 Å². The van der Waals surface area contributed by atoms with Gasteiger partial charge in [-0.05, 0) is 31.9 Å². The topological polar surface area (TPSA) is 44.1 Å². The van der Waals surface area contributed by atoms with Gasteiger partial charge in [-0.3, -0.25) is 4.79 Å². The minimum absolute atomic E-state index is 0.142. The fourth-order valence-corrected chi connectivity index (χ4v) is 2.64. The van der Waals surface area contributed by atoms with Gasteiger partial charge in [0.15, 0.2) is 0 Å². The number of nitrogens with zero attached hydrogens (tertiary/aromatic N) is 2. The Bertz CT molecular complexity index is 622. The number of aromatic nitrogens is 2. The third-order valence-electron chi connectivity index (χ3n) is 3.45. The van der Waals surface area contributed by atoms with Crippen molar-refractivity contribution < 1.29 is 9.53 Å². The first-order chi connectivity index (χ1) is 10.2. The van der Waals surface area contributed by atoms with Crippen LogP contribution >= 0.6 is 11.6 Å². The van der Waals surface area contributed by atoms with Crippen LogP contribution in [0.2, 0.25) is 0 Å². The number of hydrogen-bond donors (Lipinski definition) is 0. The Morgan fingerprint density at radius 3 is 2.95 bits per heavy atom. The van der Waals surface area contributed by atoms with E-state index in [0.29, 0.717) is 18.9 Å². The Balaban J connectivity index is 2.18. The smallest absolute Gasteiger partial charge is 0.305 e. The van der Waals surface area contributed by atoms with Gasteiger partial charge in [0.2, 0.25) is 0 Å². The van der Waals surface area contributed by atoms with E-state index in [4.69, 9.17) is 21.3 Å². The Morgan fingerprint density at radius 1 is 1.43 bits per heavy atom. The Kier molecular flexibility index (Phi) is 5.62. The third-order valence-corrected chi connectivity index (χ3v) is 3.63. The van der Waals surface area contributed by atoms with E-state index in [1.54, 1.807) is 0 Å². The first-order valence-corrected chi connectivity index (χ1v) is 7.87. The van der Waals surface area contributed by atoms with Gasteiger partial charge >= 0.3 is 5.97 Å². The molecule has 1 heterocycles. The highest BCUT2D eigenvalue weighted by Gasteiger charge is 2.12. The summed E-state index contributed by atoms with van der Waals surface area (Å²) in [6, 6.07) is 6.16. The predicted octanol–water partition coefficient (Wildman–Crippen LogP) is 3.47. The molecule has 2 rings (SSSR count). The summed E-state index contributed by atoms with van der Waals surface area (Å²) in [6.07, 6.45) is 1.91. The number of benzene rings is 1. The molecule has 0 unspecified atom stereocenters. The zero-order chi connectivity index (χ0) is 15.2. The average Bonchev–Trinajstić information content (AvgIpc) is 2.80. The summed E-state index contributed by atoms with van der Waals surface area (Å²) in [6.45, 7) is 5.07. The van der Waals surface area contributed by atoms with E-state index < -0.39 is 0 Å². The van der Waals surface area contributed by atoms with Crippen LogP contribution in [-0.2, 0) is 22.5 Å². The third kappa shape index (κ3) is 3.76. The van der Waals surface area contributed by atoms with Crippen LogP contribution in [0.1, 0.15) is 31.2 Å². The van der Waals surface area contributed by atoms with Crippen molar-refractivity contribution in [2.75, 3.05) is 12.5 Å². The summed E-state index contributed by atoms with van der Waals surface area (Å²) in [5, 5.41) is 0. The molecule has 0 aliphatic heterocycles. The maximum absolute atomic E-state index is 11.4. The number of imidazole rings is 1. The number of alkyl halides is 1. The summed E-state index contributed by atoms with van der Waals surface area (Å²) < 4.78 is 7.13. The molecule has 0 atom stereocenters. The predicted molar refractivity (Wildman–Crippen MR) is 84.8 cm³/mol. The lowest BCUT2D eigenvalue weighted by molar-refractivity contribution is -0.143. The van der Waals surface area contributed by atoms with Crippen LogP contribution in [0.4, 0.5) is 0 Å². The number of carbonyl (C=O) groups excluding carboxylic acids is 1. The molecule has 5 heteroatoms. The van der Waals surface area contributed by atoms with E-state index in [1.807, 2.05) is 13.0 Å². The molecule has 0 N–H and O–H groups in total. The van der Waals surface area contributed by atoms with Crippen LogP contribution in [0.5, 0.6) is 0 Å². The number of aryl methyl sites for hydroxylation is 3. The zero-order valence-corrected chi connectivity index (χ0v) is 13.3. The van der Waals surface area contributed by atoms with Crippen molar-refractivity contribution in [3.63, 3.8) is 0 Å². The van der Waals surface area contributed by atoms with Crippen LogP contribution in [0.3, 0.4) is 0 Å². The Labute approximate surface area is 130 Å². The van der Waals surface area contributed by atoms with Crippen molar-refractivity contribution in [3.05, 3.63) is 29.6 Å². The quantitative estimate of drug-likeness (QED) is 0.581. The molecule has 4 nitrogen and oxygen atoms in total. The highest BCUT2D eigenvalue weighted by molar-refractivity contribution is 6.17. The number of fused-ring (bicyclic) bond motifs is 1. The number of rotatable bonds is 7. The van der Waals surface area contributed by atoms with E-state index in [1.165, 1.54) is 0 Å². The van der Waals surface area contributed by atoms with E-state index in [2.05, 4.69) is 23.6 Å². The standard InChI is InChI=1S/C16H21ClN2O2/c1-3-21-15(20)8-5-11-19-13-7-4-6-12(2)16(13)18-14(19)9-10-17/h4,6-7H,3,5,8-11H2,1-2H3. The van der Waals surface area contributed by atoms with Gasteiger partial charge in [-0.15, -0.1) is 11.6 Å². The van der Waals surface area contributed by atoms with Crippen molar-refractivity contribution in [1.82, 2.24) is 9.55 Å². The number of carbonyl (C=O) groups is 1. The molecule has 114 valence electrons. The van der Waals surface area contributed by atoms with Gasteiger partial charge in [-0.2, -0.15) is 0 Å². The normalized spacial score (nSPS) is 11.0. The molecule has 0 saturated carbocycles. The summed E-state index contributed by atoms with van der Waals surface area (Å²) in [5.41, 5.74) is 3.29. The van der Waals surface area contributed by atoms with Crippen LogP contribution in [0.25, 0.3) is 11.0 Å². The minimum Gasteiger partial charge on any atom is -0.466 e. The number of esters is 1. The van der Waals surface area contributed by atoms with Crippen LogP contribution in [-0.4, -0.2) is 28.0 Å². The highest BCUT2D eigenvalue weighted by Crippen LogP contribution is 2.21. The molecular formula is C16H21ClN2O2. The Morgan fingerprint density at radius 2 is 2.24 bits per heavy atom. The Hall–Kier alpha value is -1.55.